The first kappa shape index (κ1) is 28.9. The standard InChI is InChI=1S/C31H45N3O3/c1-24(2)16-19-33-17-10-6-5-7-11-18-34(25(3)35)30-15-14-26(20-29(30)22-33)31(36)32-21-27-12-8-9-13-28(27)23-37-4/h8-9,12-15,20,24H,5-7,10-11,16-19,21-23H2,1-4H3,(H,32,36). The van der Waals surface area contributed by atoms with Gasteiger partial charge >= 0.3 is 0 Å². The number of rotatable bonds is 8. The van der Waals surface area contributed by atoms with Crippen molar-refractivity contribution in [3.8, 4) is 0 Å². The molecule has 0 saturated heterocycles. The van der Waals surface area contributed by atoms with Crippen LogP contribution in [0.4, 0.5) is 5.69 Å². The third-order valence-electron chi connectivity index (χ3n) is 7.14. The smallest absolute Gasteiger partial charge is 0.251 e. The number of hydrogen-bond acceptors (Lipinski definition) is 4. The van der Waals surface area contributed by atoms with Crippen molar-refractivity contribution in [3.05, 3.63) is 64.7 Å². The molecular formula is C31H45N3O3. The summed E-state index contributed by atoms with van der Waals surface area (Å²) in [6.45, 7) is 10.6. The zero-order valence-corrected chi connectivity index (χ0v) is 23.2. The number of methoxy groups -OCH3 is 1. The van der Waals surface area contributed by atoms with Crippen LogP contribution >= 0.6 is 0 Å². The minimum atomic E-state index is -0.107. The summed E-state index contributed by atoms with van der Waals surface area (Å²) in [6, 6.07) is 13.8. The normalized spacial score (nSPS) is 15.5. The number of nitrogens with zero attached hydrogens (tertiary/aromatic N) is 2. The van der Waals surface area contributed by atoms with E-state index in [9.17, 15) is 9.59 Å². The second-order valence-electron chi connectivity index (χ2n) is 10.6. The lowest BCUT2D eigenvalue weighted by Crippen LogP contribution is -2.33. The molecule has 2 amide bonds. The van der Waals surface area contributed by atoms with Crippen LogP contribution in [0.1, 0.15) is 86.3 Å². The molecule has 0 radical (unpaired) electrons. The summed E-state index contributed by atoms with van der Waals surface area (Å²) in [5, 5.41) is 3.09. The maximum atomic E-state index is 13.2. The average Bonchev–Trinajstić information content (AvgIpc) is 2.87. The molecule has 1 aliphatic rings. The molecule has 1 N–H and O–H groups in total. The van der Waals surface area contributed by atoms with Crippen LogP contribution in [-0.2, 0) is 29.2 Å². The number of benzene rings is 2. The Kier molecular flexibility index (Phi) is 11.6. The van der Waals surface area contributed by atoms with Crippen molar-refractivity contribution in [2.24, 2.45) is 5.92 Å². The van der Waals surface area contributed by atoms with Crippen LogP contribution in [0.5, 0.6) is 0 Å². The maximum absolute atomic E-state index is 13.2. The minimum Gasteiger partial charge on any atom is -0.380 e. The fourth-order valence-corrected chi connectivity index (χ4v) is 4.96. The third kappa shape index (κ3) is 8.97. The van der Waals surface area contributed by atoms with E-state index < -0.39 is 0 Å². The fraction of sp³-hybridized carbons (Fsp3) is 0.548. The largest absolute Gasteiger partial charge is 0.380 e. The fourth-order valence-electron chi connectivity index (χ4n) is 4.96. The number of anilines is 1. The molecule has 2 aromatic carbocycles. The molecule has 202 valence electrons. The highest BCUT2D eigenvalue weighted by atomic mass is 16.5. The first-order valence-corrected chi connectivity index (χ1v) is 13.9. The van der Waals surface area contributed by atoms with E-state index in [2.05, 4.69) is 24.1 Å². The van der Waals surface area contributed by atoms with Crippen molar-refractivity contribution in [1.82, 2.24) is 10.2 Å². The number of carbonyl (C=O) groups is 2. The summed E-state index contributed by atoms with van der Waals surface area (Å²) in [6.07, 6.45) is 6.88. The van der Waals surface area contributed by atoms with Crippen LogP contribution in [-0.4, -0.2) is 43.5 Å². The molecule has 37 heavy (non-hydrogen) atoms. The van der Waals surface area contributed by atoms with Crippen LogP contribution in [0, 0.1) is 5.92 Å². The van der Waals surface area contributed by atoms with Gasteiger partial charge in [0.1, 0.15) is 0 Å². The van der Waals surface area contributed by atoms with Crippen LogP contribution in [0.25, 0.3) is 0 Å². The van der Waals surface area contributed by atoms with Gasteiger partial charge in [0.25, 0.3) is 5.91 Å². The van der Waals surface area contributed by atoms with Gasteiger partial charge in [-0.25, -0.2) is 0 Å². The van der Waals surface area contributed by atoms with Gasteiger partial charge in [0.05, 0.1) is 6.61 Å². The van der Waals surface area contributed by atoms with Gasteiger partial charge in [-0.15, -0.1) is 0 Å². The highest BCUT2D eigenvalue weighted by Crippen LogP contribution is 2.26. The average molecular weight is 508 g/mol. The van der Waals surface area contributed by atoms with Gasteiger partial charge in [0, 0.05) is 44.9 Å². The lowest BCUT2D eigenvalue weighted by atomic mass is 10.0. The molecule has 0 aliphatic carbocycles. The molecule has 1 heterocycles. The second kappa shape index (κ2) is 14.9. The number of fused-ring (bicyclic) bond motifs is 1. The summed E-state index contributed by atoms with van der Waals surface area (Å²) in [5.41, 5.74) is 4.73. The van der Waals surface area contributed by atoms with Gasteiger partial charge in [-0.3, -0.25) is 14.5 Å². The zero-order chi connectivity index (χ0) is 26.6. The van der Waals surface area contributed by atoms with E-state index in [1.807, 2.05) is 47.4 Å². The van der Waals surface area contributed by atoms with Crippen molar-refractivity contribution in [1.29, 1.82) is 0 Å². The molecule has 6 nitrogen and oxygen atoms in total. The molecule has 0 saturated carbocycles. The lowest BCUT2D eigenvalue weighted by Gasteiger charge is -2.29. The van der Waals surface area contributed by atoms with Gasteiger partial charge in [-0.1, -0.05) is 57.4 Å². The number of amides is 2. The lowest BCUT2D eigenvalue weighted by molar-refractivity contribution is -0.116. The molecule has 2 aromatic rings. The molecule has 0 aromatic heterocycles. The quantitative estimate of drug-likeness (QED) is 0.481. The monoisotopic (exact) mass is 507 g/mol. The molecule has 3 rings (SSSR count). The summed E-state index contributed by atoms with van der Waals surface area (Å²) in [5.74, 6) is 0.580. The number of carbonyl (C=O) groups excluding carboxylic acids is 2. The van der Waals surface area contributed by atoms with Crippen molar-refractivity contribution in [2.75, 3.05) is 31.6 Å². The summed E-state index contributed by atoms with van der Waals surface area (Å²) >= 11 is 0. The Hall–Kier alpha value is -2.70. The van der Waals surface area contributed by atoms with Crippen LogP contribution in [0.3, 0.4) is 0 Å². The van der Waals surface area contributed by atoms with E-state index in [1.54, 1.807) is 14.0 Å². The van der Waals surface area contributed by atoms with Gasteiger partial charge in [-0.05, 0) is 73.2 Å². The summed E-state index contributed by atoms with van der Waals surface area (Å²) in [4.78, 5) is 30.3. The van der Waals surface area contributed by atoms with Crippen molar-refractivity contribution in [2.45, 2.75) is 79.0 Å². The molecule has 0 spiro atoms. The van der Waals surface area contributed by atoms with E-state index >= 15 is 0 Å². The molecule has 1 aliphatic heterocycles. The van der Waals surface area contributed by atoms with E-state index in [4.69, 9.17) is 4.74 Å². The Labute approximate surface area is 223 Å². The van der Waals surface area contributed by atoms with E-state index in [1.165, 1.54) is 19.3 Å². The Balaban J connectivity index is 1.87. The minimum absolute atomic E-state index is 0.0546. The third-order valence-corrected chi connectivity index (χ3v) is 7.14. The van der Waals surface area contributed by atoms with Gasteiger partial charge < -0.3 is 15.0 Å². The maximum Gasteiger partial charge on any atom is 0.251 e. The molecule has 0 atom stereocenters. The molecule has 0 fully saturated rings. The van der Waals surface area contributed by atoms with Crippen LogP contribution in [0.2, 0.25) is 0 Å². The van der Waals surface area contributed by atoms with E-state index in [0.29, 0.717) is 24.6 Å². The van der Waals surface area contributed by atoms with Crippen molar-refractivity contribution >= 4 is 17.5 Å². The van der Waals surface area contributed by atoms with Crippen molar-refractivity contribution in [3.63, 3.8) is 0 Å². The Morgan fingerprint density at radius 2 is 1.68 bits per heavy atom. The van der Waals surface area contributed by atoms with Gasteiger partial charge in [0.15, 0.2) is 0 Å². The number of nitrogens with one attached hydrogen (secondary N) is 1. The highest BCUT2D eigenvalue weighted by molar-refractivity contribution is 5.97. The molecule has 0 bridgehead atoms. The topological polar surface area (TPSA) is 61.9 Å². The van der Waals surface area contributed by atoms with Gasteiger partial charge in [0.2, 0.25) is 5.91 Å². The zero-order valence-electron chi connectivity index (χ0n) is 23.2. The summed E-state index contributed by atoms with van der Waals surface area (Å²) in [7, 11) is 1.68. The first-order valence-electron chi connectivity index (χ1n) is 13.9. The van der Waals surface area contributed by atoms with Crippen molar-refractivity contribution < 1.29 is 14.3 Å². The molecule has 6 heteroatoms. The van der Waals surface area contributed by atoms with Crippen LogP contribution in [0.15, 0.2) is 42.5 Å². The van der Waals surface area contributed by atoms with E-state index in [-0.39, 0.29) is 11.8 Å². The predicted molar refractivity (Wildman–Crippen MR) is 151 cm³/mol. The Morgan fingerprint density at radius 3 is 2.38 bits per heavy atom. The molecule has 0 unspecified atom stereocenters. The number of hydrogen-bond donors (Lipinski definition) is 1. The first-order chi connectivity index (χ1) is 17.9. The highest BCUT2D eigenvalue weighted by Gasteiger charge is 2.20. The Morgan fingerprint density at radius 1 is 0.973 bits per heavy atom. The van der Waals surface area contributed by atoms with Crippen LogP contribution < -0.4 is 10.2 Å². The SMILES string of the molecule is COCc1ccccc1CNC(=O)c1ccc2c(c1)CN(CCC(C)C)CCCCCCCN2C(C)=O. The number of ether oxygens (including phenoxy) is 1. The predicted octanol–water partition coefficient (Wildman–Crippen LogP) is 5.93. The van der Waals surface area contributed by atoms with E-state index in [0.717, 1.165) is 67.8 Å². The van der Waals surface area contributed by atoms with Gasteiger partial charge in [-0.2, -0.15) is 0 Å². The molecular weight excluding hydrogens is 462 g/mol. The Bertz CT molecular complexity index is 1020. The summed E-state index contributed by atoms with van der Waals surface area (Å²) < 4.78 is 5.30. The second-order valence-corrected chi connectivity index (χ2v) is 10.6.